The summed E-state index contributed by atoms with van der Waals surface area (Å²) in [7, 11) is 0. The maximum atomic E-state index is 13.2. The van der Waals surface area contributed by atoms with Crippen LogP contribution in [0.3, 0.4) is 0 Å². The fourth-order valence-corrected chi connectivity index (χ4v) is 5.18. The number of nitrogens with one attached hydrogen (secondary N) is 1. The lowest BCUT2D eigenvalue weighted by molar-refractivity contribution is -0.139. The number of benzene rings is 2. The Labute approximate surface area is 186 Å². The van der Waals surface area contributed by atoms with Crippen molar-refractivity contribution in [1.82, 2.24) is 10.2 Å². The molecule has 164 valence electrons. The van der Waals surface area contributed by atoms with Crippen LogP contribution in [0.15, 0.2) is 54.6 Å². The van der Waals surface area contributed by atoms with Crippen molar-refractivity contribution in [3.05, 3.63) is 71.3 Å². The van der Waals surface area contributed by atoms with Gasteiger partial charge in [0.1, 0.15) is 0 Å². The third-order valence-corrected chi connectivity index (χ3v) is 6.91. The van der Waals surface area contributed by atoms with Gasteiger partial charge in [-0.15, -0.1) is 0 Å². The highest BCUT2D eigenvalue weighted by molar-refractivity contribution is 5.82. The van der Waals surface area contributed by atoms with Gasteiger partial charge in [-0.05, 0) is 43.7 Å². The summed E-state index contributed by atoms with van der Waals surface area (Å²) >= 11 is 0. The molecule has 0 aromatic heterocycles. The number of nitrogens with zero attached hydrogens (tertiary/aromatic N) is 1. The van der Waals surface area contributed by atoms with E-state index in [1.165, 1.54) is 16.7 Å². The fourth-order valence-electron chi connectivity index (χ4n) is 5.18. The van der Waals surface area contributed by atoms with Gasteiger partial charge in [0.15, 0.2) is 0 Å². The van der Waals surface area contributed by atoms with E-state index in [0.717, 1.165) is 45.1 Å². The van der Waals surface area contributed by atoms with Crippen molar-refractivity contribution in [2.45, 2.75) is 51.4 Å². The van der Waals surface area contributed by atoms with Crippen molar-refractivity contribution in [2.75, 3.05) is 19.6 Å². The van der Waals surface area contributed by atoms with Crippen molar-refractivity contribution >= 4 is 11.8 Å². The van der Waals surface area contributed by atoms with E-state index in [-0.39, 0.29) is 29.6 Å². The molecule has 0 spiro atoms. The van der Waals surface area contributed by atoms with Crippen molar-refractivity contribution in [3.63, 3.8) is 0 Å². The Kier molecular flexibility index (Phi) is 7.06. The molecule has 0 radical (unpaired) electrons. The summed E-state index contributed by atoms with van der Waals surface area (Å²) in [6, 6.07) is 18.8. The molecule has 1 N–H and O–H groups in total. The van der Waals surface area contributed by atoms with Crippen LogP contribution in [0.1, 0.15) is 54.7 Å². The monoisotopic (exact) mass is 418 g/mol. The first-order chi connectivity index (χ1) is 15.1. The molecule has 2 unspecified atom stereocenters. The Morgan fingerprint density at radius 3 is 2.48 bits per heavy atom. The van der Waals surface area contributed by atoms with Gasteiger partial charge in [0.2, 0.25) is 11.8 Å². The minimum atomic E-state index is -0.152. The lowest BCUT2D eigenvalue weighted by Crippen LogP contribution is -2.49. The van der Waals surface area contributed by atoms with Gasteiger partial charge in [-0.25, -0.2) is 0 Å². The highest BCUT2D eigenvalue weighted by Gasteiger charge is 2.37. The zero-order valence-electron chi connectivity index (χ0n) is 18.6. The van der Waals surface area contributed by atoms with Crippen LogP contribution in [0, 0.1) is 18.8 Å². The molecule has 0 bridgehead atoms. The van der Waals surface area contributed by atoms with Crippen LogP contribution in [0.25, 0.3) is 0 Å². The fraction of sp³-hybridized carbons (Fsp3) is 0.481. The van der Waals surface area contributed by atoms with Crippen LogP contribution in [0.5, 0.6) is 0 Å². The van der Waals surface area contributed by atoms with Crippen LogP contribution >= 0.6 is 0 Å². The maximum absolute atomic E-state index is 13.2. The van der Waals surface area contributed by atoms with E-state index >= 15 is 0 Å². The third kappa shape index (κ3) is 5.55. The second kappa shape index (κ2) is 10.1. The number of hydrogen-bond acceptors (Lipinski definition) is 2. The smallest absolute Gasteiger partial charge is 0.225 e. The van der Waals surface area contributed by atoms with Crippen LogP contribution in [-0.4, -0.2) is 36.3 Å². The van der Waals surface area contributed by atoms with Crippen LogP contribution in [0.2, 0.25) is 0 Å². The first kappa shape index (κ1) is 21.6. The van der Waals surface area contributed by atoms with E-state index in [4.69, 9.17) is 0 Å². The molecule has 31 heavy (non-hydrogen) atoms. The number of rotatable bonds is 6. The molecule has 2 aromatic carbocycles. The highest BCUT2D eigenvalue weighted by Crippen LogP contribution is 2.34. The van der Waals surface area contributed by atoms with Gasteiger partial charge >= 0.3 is 0 Å². The minimum absolute atomic E-state index is 0.0810. The standard InChI is InChI=1S/C27H34N2O2/c1-20-8-7-13-23(16-20)24-17-25(19-29(18-24)27(31)22-11-5-6-12-22)26(30)28-15-14-21-9-3-2-4-10-21/h2-4,7-10,13,16,22,24-25H,5-6,11-12,14-15,17-19H2,1H3,(H,28,30). The van der Waals surface area contributed by atoms with E-state index in [0.29, 0.717) is 13.1 Å². The molecule has 4 nitrogen and oxygen atoms in total. The van der Waals surface area contributed by atoms with Crippen LogP contribution in [0.4, 0.5) is 0 Å². The number of piperidine rings is 1. The lowest BCUT2D eigenvalue weighted by atomic mass is 9.83. The second-order valence-corrected chi connectivity index (χ2v) is 9.29. The van der Waals surface area contributed by atoms with Gasteiger partial charge in [-0.2, -0.15) is 0 Å². The first-order valence-electron chi connectivity index (χ1n) is 11.8. The first-order valence-corrected chi connectivity index (χ1v) is 11.8. The van der Waals surface area contributed by atoms with E-state index in [1.54, 1.807) is 0 Å². The summed E-state index contributed by atoms with van der Waals surface area (Å²) in [6.07, 6.45) is 5.92. The summed E-state index contributed by atoms with van der Waals surface area (Å²) in [6.45, 7) is 4.01. The average molecular weight is 419 g/mol. The Morgan fingerprint density at radius 2 is 1.74 bits per heavy atom. The molecular weight excluding hydrogens is 384 g/mol. The van der Waals surface area contributed by atoms with Crippen molar-refractivity contribution in [2.24, 2.45) is 11.8 Å². The molecule has 2 aromatic rings. The Hall–Kier alpha value is -2.62. The Balaban J connectivity index is 1.44. The van der Waals surface area contributed by atoms with Crippen molar-refractivity contribution in [1.29, 1.82) is 0 Å². The van der Waals surface area contributed by atoms with Gasteiger partial charge in [-0.1, -0.05) is 73.0 Å². The molecule has 2 aliphatic rings. The van der Waals surface area contributed by atoms with E-state index < -0.39 is 0 Å². The van der Waals surface area contributed by atoms with Gasteiger partial charge in [-0.3, -0.25) is 9.59 Å². The molecular formula is C27H34N2O2. The molecule has 2 fully saturated rings. The predicted molar refractivity (Wildman–Crippen MR) is 124 cm³/mol. The van der Waals surface area contributed by atoms with Gasteiger partial charge in [0.05, 0.1) is 5.92 Å². The number of hydrogen-bond donors (Lipinski definition) is 1. The molecule has 4 heteroatoms. The van der Waals surface area contributed by atoms with E-state index in [2.05, 4.69) is 48.6 Å². The average Bonchev–Trinajstić information content (AvgIpc) is 3.34. The van der Waals surface area contributed by atoms with Gasteiger partial charge in [0, 0.05) is 31.5 Å². The highest BCUT2D eigenvalue weighted by atomic mass is 16.2. The lowest BCUT2D eigenvalue weighted by Gasteiger charge is -2.38. The normalized spacial score (nSPS) is 21.8. The van der Waals surface area contributed by atoms with E-state index in [1.807, 2.05) is 23.1 Å². The zero-order chi connectivity index (χ0) is 21.6. The number of likely N-dealkylation sites (tertiary alicyclic amines) is 1. The zero-order valence-corrected chi connectivity index (χ0v) is 18.6. The van der Waals surface area contributed by atoms with Gasteiger partial charge in [0.25, 0.3) is 0 Å². The predicted octanol–water partition coefficient (Wildman–Crippen LogP) is 4.48. The summed E-state index contributed by atoms with van der Waals surface area (Å²) in [4.78, 5) is 28.3. The van der Waals surface area contributed by atoms with Gasteiger partial charge < -0.3 is 10.2 Å². The molecule has 1 aliphatic heterocycles. The second-order valence-electron chi connectivity index (χ2n) is 9.29. The Bertz CT molecular complexity index is 889. The summed E-state index contributed by atoms with van der Waals surface area (Å²) in [5, 5.41) is 3.14. The summed E-state index contributed by atoms with van der Waals surface area (Å²) in [5.41, 5.74) is 3.69. The summed E-state index contributed by atoms with van der Waals surface area (Å²) < 4.78 is 0. The summed E-state index contributed by atoms with van der Waals surface area (Å²) in [5.74, 6) is 0.553. The molecule has 1 heterocycles. The topological polar surface area (TPSA) is 49.4 Å². The third-order valence-electron chi connectivity index (χ3n) is 6.91. The number of amides is 2. The van der Waals surface area contributed by atoms with E-state index in [9.17, 15) is 9.59 Å². The SMILES string of the molecule is Cc1cccc(C2CC(C(=O)NCCc3ccccc3)CN(C(=O)C3CCCC3)C2)c1. The molecule has 4 rings (SSSR count). The number of aryl methyl sites for hydroxylation is 1. The molecule has 1 saturated carbocycles. The quantitative estimate of drug-likeness (QED) is 0.752. The van der Waals surface area contributed by atoms with Crippen LogP contribution in [-0.2, 0) is 16.0 Å². The van der Waals surface area contributed by atoms with Crippen molar-refractivity contribution in [3.8, 4) is 0 Å². The van der Waals surface area contributed by atoms with Crippen LogP contribution < -0.4 is 5.32 Å². The molecule has 1 aliphatic carbocycles. The molecule has 1 saturated heterocycles. The molecule has 2 atom stereocenters. The maximum Gasteiger partial charge on any atom is 0.225 e. The number of carbonyl (C=O) groups excluding carboxylic acids is 2. The Morgan fingerprint density at radius 1 is 0.968 bits per heavy atom. The van der Waals surface area contributed by atoms with Crippen molar-refractivity contribution < 1.29 is 9.59 Å². The number of carbonyl (C=O) groups is 2. The minimum Gasteiger partial charge on any atom is -0.355 e. The molecule has 2 amide bonds. The largest absolute Gasteiger partial charge is 0.355 e.